The maximum Gasteiger partial charge on any atom is 0.254 e. The van der Waals surface area contributed by atoms with Gasteiger partial charge in [0.1, 0.15) is 0 Å². The molecule has 3 rings (SSSR count). The van der Waals surface area contributed by atoms with Crippen molar-refractivity contribution in [3.8, 4) is 0 Å². The molecule has 0 radical (unpaired) electrons. The first-order valence-corrected chi connectivity index (χ1v) is 7.58. The highest BCUT2D eigenvalue weighted by Crippen LogP contribution is 2.41. The fraction of sp³-hybridized carbons (Fsp3) is 0.562. The predicted molar refractivity (Wildman–Crippen MR) is 81.2 cm³/mol. The molecule has 1 aromatic carbocycles. The topological polar surface area (TPSA) is 32.3 Å². The molecule has 1 N–H and O–H groups in total. The summed E-state index contributed by atoms with van der Waals surface area (Å²) in [5, 5.41) is 4.06. The van der Waals surface area contributed by atoms with Gasteiger partial charge in [-0.15, -0.1) is 0 Å². The number of nitrogens with one attached hydrogen (secondary N) is 1. The van der Waals surface area contributed by atoms with E-state index in [0.717, 1.165) is 30.8 Å². The molecule has 0 aromatic heterocycles. The quantitative estimate of drug-likeness (QED) is 0.863. The van der Waals surface area contributed by atoms with Crippen molar-refractivity contribution in [3.05, 3.63) is 34.3 Å². The van der Waals surface area contributed by atoms with Crippen LogP contribution in [0.15, 0.2) is 18.2 Å². The number of rotatable bonds is 1. The Hall–Kier alpha value is -1.06. The number of hydrogen-bond acceptors (Lipinski definition) is 2. The Labute approximate surface area is 125 Å². The van der Waals surface area contributed by atoms with Crippen LogP contribution in [-0.2, 0) is 0 Å². The molecule has 20 heavy (non-hydrogen) atoms. The number of benzene rings is 1. The lowest BCUT2D eigenvalue weighted by molar-refractivity contribution is 0.0602. The van der Waals surface area contributed by atoms with Crippen molar-refractivity contribution in [2.45, 2.75) is 26.3 Å². The monoisotopic (exact) mass is 292 g/mol. The molecule has 1 aromatic rings. The molecule has 2 aliphatic heterocycles. The van der Waals surface area contributed by atoms with Gasteiger partial charge in [0.2, 0.25) is 0 Å². The number of amides is 1. The summed E-state index contributed by atoms with van der Waals surface area (Å²) >= 11 is 6.05. The molecular weight excluding hydrogens is 272 g/mol. The van der Waals surface area contributed by atoms with Crippen LogP contribution in [0.25, 0.3) is 0 Å². The fourth-order valence-electron chi connectivity index (χ4n) is 3.74. The Kier molecular flexibility index (Phi) is 3.30. The van der Waals surface area contributed by atoms with Crippen LogP contribution in [-0.4, -0.2) is 36.0 Å². The van der Waals surface area contributed by atoms with Crippen LogP contribution in [0.2, 0.25) is 5.02 Å². The van der Waals surface area contributed by atoms with Crippen molar-refractivity contribution in [3.63, 3.8) is 0 Å². The zero-order valence-corrected chi connectivity index (χ0v) is 13.0. The standard InChI is InChI=1S/C16H21ClN2O/c1-10-4-5-12(17)6-13(10)15(20)19-9-11-7-18-8-14(11)16(19,2)3/h4-6,11,14,18H,7-9H2,1-3H3. The van der Waals surface area contributed by atoms with E-state index in [-0.39, 0.29) is 11.4 Å². The van der Waals surface area contributed by atoms with Gasteiger partial charge in [0, 0.05) is 35.8 Å². The van der Waals surface area contributed by atoms with Gasteiger partial charge in [0.05, 0.1) is 0 Å². The van der Waals surface area contributed by atoms with Crippen LogP contribution < -0.4 is 5.32 Å². The first kappa shape index (κ1) is 13.9. The lowest BCUT2D eigenvalue weighted by atomic mass is 9.84. The van der Waals surface area contributed by atoms with E-state index in [9.17, 15) is 4.79 Å². The summed E-state index contributed by atoms with van der Waals surface area (Å²) in [6.45, 7) is 9.21. The number of halogens is 1. The molecule has 2 fully saturated rings. The smallest absolute Gasteiger partial charge is 0.254 e. The summed E-state index contributed by atoms with van der Waals surface area (Å²) in [5.41, 5.74) is 1.63. The normalized spacial score (nSPS) is 27.7. The molecule has 2 heterocycles. The Morgan fingerprint density at radius 1 is 1.40 bits per heavy atom. The van der Waals surface area contributed by atoms with Crippen LogP contribution in [0.5, 0.6) is 0 Å². The summed E-state index contributed by atoms with van der Waals surface area (Å²) in [7, 11) is 0. The first-order chi connectivity index (χ1) is 9.41. The third-order valence-corrected chi connectivity index (χ3v) is 5.27. The molecule has 0 spiro atoms. The molecule has 2 aliphatic rings. The molecule has 0 saturated carbocycles. The van der Waals surface area contributed by atoms with Crippen LogP contribution in [0, 0.1) is 18.8 Å². The molecule has 2 saturated heterocycles. The third kappa shape index (κ3) is 2.04. The molecular formula is C16H21ClN2O. The van der Waals surface area contributed by atoms with Gasteiger partial charge >= 0.3 is 0 Å². The van der Waals surface area contributed by atoms with Gasteiger partial charge in [-0.3, -0.25) is 4.79 Å². The summed E-state index contributed by atoms with van der Waals surface area (Å²) < 4.78 is 0. The molecule has 2 atom stereocenters. The minimum Gasteiger partial charge on any atom is -0.333 e. The van der Waals surface area contributed by atoms with Crippen LogP contribution in [0.4, 0.5) is 0 Å². The van der Waals surface area contributed by atoms with E-state index in [1.54, 1.807) is 6.07 Å². The second kappa shape index (κ2) is 4.74. The summed E-state index contributed by atoms with van der Waals surface area (Å²) in [5.74, 6) is 1.24. The average molecular weight is 293 g/mol. The second-order valence-electron chi connectivity index (χ2n) is 6.55. The van der Waals surface area contributed by atoms with Gasteiger partial charge in [-0.05, 0) is 50.3 Å². The number of aryl methyl sites for hydroxylation is 1. The number of fused-ring (bicyclic) bond motifs is 1. The number of carbonyl (C=O) groups excluding carboxylic acids is 1. The molecule has 1 amide bonds. The minimum absolute atomic E-state index is 0.0972. The SMILES string of the molecule is Cc1ccc(Cl)cc1C(=O)N1CC2CNCC2C1(C)C. The van der Waals surface area contributed by atoms with E-state index in [0.29, 0.717) is 16.9 Å². The van der Waals surface area contributed by atoms with Crippen molar-refractivity contribution in [1.29, 1.82) is 0 Å². The predicted octanol–water partition coefficient (Wildman–Crippen LogP) is 2.72. The summed E-state index contributed by atoms with van der Waals surface area (Å²) in [4.78, 5) is 15.0. The van der Waals surface area contributed by atoms with Gasteiger partial charge in [-0.2, -0.15) is 0 Å². The van der Waals surface area contributed by atoms with Gasteiger partial charge in [-0.25, -0.2) is 0 Å². The largest absolute Gasteiger partial charge is 0.333 e. The molecule has 3 nitrogen and oxygen atoms in total. The molecule has 2 unspecified atom stereocenters. The van der Waals surface area contributed by atoms with Crippen LogP contribution in [0.1, 0.15) is 29.8 Å². The minimum atomic E-state index is -0.0972. The van der Waals surface area contributed by atoms with Crippen molar-refractivity contribution in [1.82, 2.24) is 10.2 Å². The van der Waals surface area contributed by atoms with E-state index in [4.69, 9.17) is 11.6 Å². The average Bonchev–Trinajstić information content (AvgIpc) is 2.94. The van der Waals surface area contributed by atoms with E-state index >= 15 is 0 Å². The zero-order valence-electron chi connectivity index (χ0n) is 12.2. The lowest BCUT2D eigenvalue weighted by Gasteiger charge is -2.36. The van der Waals surface area contributed by atoms with Gasteiger partial charge in [-0.1, -0.05) is 17.7 Å². The third-order valence-electron chi connectivity index (χ3n) is 5.04. The fourth-order valence-corrected chi connectivity index (χ4v) is 3.91. The van der Waals surface area contributed by atoms with Crippen molar-refractivity contribution in [2.24, 2.45) is 11.8 Å². The highest BCUT2D eigenvalue weighted by Gasteiger charge is 2.51. The molecule has 0 bridgehead atoms. The molecule has 108 valence electrons. The zero-order chi connectivity index (χ0) is 14.5. The van der Waals surface area contributed by atoms with E-state index in [1.807, 2.05) is 24.0 Å². The number of hydrogen-bond donors (Lipinski definition) is 1. The lowest BCUT2D eigenvalue weighted by Crippen LogP contribution is -2.47. The van der Waals surface area contributed by atoms with Crippen molar-refractivity contribution < 1.29 is 4.79 Å². The molecule has 4 heteroatoms. The van der Waals surface area contributed by atoms with Gasteiger partial charge < -0.3 is 10.2 Å². The number of likely N-dealkylation sites (tertiary alicyclic amines) is 1. The van der Waals surface area contributed by atoms with Crippen molar-refractivity contribution >= 4 is 17.5 Å². The maximum absolute atomic E-state index is 12.9. The highest BCUT2D eigenvalue weighted by molar-refractivity contribution is 6.31. The summed E-state index contributed by atoms with van der Waals surface area (Å²) in [6, 6.07) is 5.55. The van der Waals surface area contributed by atoms with Gasteiger partial charge in [0.25, 0.3) is 5.91 Å². The van der Waals surface area contributed by atoms with Crippen LogP contribution >= 0.6 is 11.6 Å². The van der Waals surface area contributed by atoms with E-state index < -0.39 is 0 Å². The second-order valence-corrected chi connectivity index (χ2v) is 6.99. The van der Waals surface area contributed by atoms with Crippen molar-refractivity contribution in [2.75, 3.05) is 19.6 Å². The maximum atomic E-state index is 12.9. The van der Waals surface area contributed by atoms with E-state index in [2.05, 4.69) is 19.2 Å². The summed E-state index contributed by atoms with van der Waals surface area (Å²) in [6.07, 6.45) is 0. The Balaban J connectivity index is 1.93. The van der Waals surface area contributed by atoms with E-state index in [1.165, 1.54) is 0 Å². The highest BCUT2D eigenvalue weighted by atomic mass is 35.5. The Morgan fingerprint density at radius 3 is 2.85 bits per heavy atom. The van der Waals surface area contributed by atoms with Gasteiger partial charge in [0.15, 0.2) is 0 Å². The Morgan fingerprint density at radius 2 is 2.15 bits per heavy atom. The Bertz CT molecular complexity index is 555. The number of carbonyl (C=O) groups is 1. The molecule has 0 aliphatic carbocycles. The number of nitrogens with zero attached hydrogens (tertiary/aromatic N) is 1. The first-order valence-electron chi connectivity index (χ1n) is 7.20. The van der Waals surface area contributed by atoms with Crippen LogP contribution in [0.3, 0.4) is 0 Å².